The van der Waals surface area contributed by atoms with Gasteiger partial charge in [0.05, 0.1) is 11.5 Å². The molecule has 1 aliphatic heterocycles. The lowest BCUT2D eigenvalue weighted by atomic mass is 9.83. The third-order valence-electron chi connectivity index (χ3n) is 6.06. The summed E-state index contributed by atoms with van der Waals surface area (Å²) in [5.74, 6) is -0.191. The minimum absolute atomic E-state index is 0.0286. The first-order chi connectivity index (χ1) is 18.4. The second-order valence-corrected chi connectivity index (χ2v) is 9.30. The zero-order chi connectivity index (χ0) is 26.6. The average molecular weight is 571 g/mol. The zero-order valence-corrected chi connectivity index (χ0v) is 21.4. The predicted octanol–water partition coefficient (Wildman–Crippen LogP) is 6.60. The van der Waals surface area contributed by atoms with Gasteiger partial charge in [0, 0.05) is 21.7 Å². The number of rotatable bonds is 6. The van der Waals surface area contributed by atoms with E-state index in [0.29, 0.717) is 32.7 Å². The van der Waals surface area contributed by atoms with Gasteiger partial charge in [0.15, 0.2) is 0 Å². The van der Waals surface area contributed by atoms with Crippen molar-refractivity contribution >= 4 is 21.9 Å². The molecule has 4 aromatic carbocycles. The van der Waals surface area contributed by atoms with Gasteiger partial charge in [-0.3, -0.25) is 0 Å². The molecule has 0 saturated carbocycles. The Morgan fingerprint density at radius 3 is 2.45 bits per heavy atom. The van der Waals surface area contributed by atoms with Crippen LogP contribution in [-0.4, -0.2) is 5.97 Å². The second-order valence-electron chi connectivity index (χ2n) is 8.44. The van der Waals surface area contributed by atoms with Crippen LogP contribution >= 0.6 is 15.9 Å². The van der Waals surface area contributed by atoms with Gasteiger partial charge in [0.25, 0.3) is 0 Å². The van der Waals surface area contributed by atoms with Crippen LogP contribution in [0.25, 0.3) is 0 Å². The normalized spacial score (nSPS) is 14.2. The average Bonchev–Trinajstić information content (AvgIpc) is 2.92. The van der Waals surface area contributed by atoms with Gasteiger partial charge in [-0.1, -0.05) is 48.5 Å². The Labute approximate surface area is 226 Å². The molecule has 1 heterocycles. The molecule has 0 aliphatic carbocycles. The number of ether oxygens (including phenoxy) is 3. The molecule has 8 heteroatoms. The van der Waals surface area contributed by atoms with Crippen LogP contribution in [0, 0.1) is 17.1 Å². The maximum atomic E-state index is 13.9. The molecular formula is C30H20BrFN2O4. The van der Waals surface area contributed by atoms with E-state index in [0.717, 1.165) is 5.56 Å². The molecule has 2 N–H and O–H groups in total. The first-order valence-corrected chi connectivity index (χ1v) is 12.4. The lowest BCUT2D eigenvalue weighted by molar-refractivity contribution is 0.0733. The van der Waals surface area contributed by atoms with Gasteiger partial charge in [0.1, 0.15) is 41.3 Å². The van der Waals surface area contributed by atoms with E-state index in [1.54, 1.807) is 72.8 Å². The standard InChI is InChI=1S/C30H20BrFN2O4/c31-25-7-3-2-6-22(25)30(35)37-21-13-14-23-27(15-21)38-29(34)24(16-33)28(23)18-9-11-20(12-10-18)36-17-19-5-1-4-8-26(19)32/h1-15,28H,17,34H2. The predicted molar refractivity (Wildman–Crippen MR) is 142 cm³/mol. The number of benzene rings is 4. The van der Waals surface area contributed by atoms with E-state index in [-0.39, 0.29) is 29.6 Å². The Morgan fingerprint density at radius 1 is 1.00 bits per heavy atom. The third-order valence-corrected chi connectivity index (χ3v) is 6.75. The van der Waals surface area contributed by atoms with Crippen LogP contribution in [0.5, 0.6) is 17.2 Å². The monoisotopic (exact) mass is 570 g/mol. The van der Waals surface area contributed by atoms with Crippen LogP contribution < -0.4 is 19.9 Å². The molecule has 1 unspecified atom stereocenters. The highest BCUT2D eigenvalue weighted by Gasteiger charge is 2.31. The summed E-state index contributed by atoms with van der Waals surface area (Å²) in [5, 5.41) is 9.83. The number of hydrogen-bond acceptors (Lipinski definition) is 6. The van der Waals surface area contributed by atoms with Crippen molar-refractivity contribution in [2.75, 3.05) is 0 Å². The second kappa shape index (κ2) is 10.8. The van der Waals surface area contributed by atoms with Crippen molar-refractivity contribution in [3.05, 3.63) is 135 Å². The highest BCUT2D eigenvalue weighted by Crippen LogP contribution is 2.43. The summed E-state index contributed by atoms with van der Waals surface area (Å²) in [6, 6.07) is 27.6. The number of nitriles is 1. The molecule has 0 fully saturated rings. The van der Waals surface area contributed by atoms with Crippen LogP contribution in [0.15, 0.2) is 107 Å². The Morgan fingerprint density at radius 2 is 1.71 bits per heavy atom. The SMILES string of the molecule is N#CC1=C(N)Oc2cc(OC(=O)c3ccccc3Br)ccc2C1c1ccc(OCc2ccccc2F)cc1. The third kappa shape index (κ3) is 5.10. The van der Waals surface area contributed by atoms with E-state index in [2.05, 4.69) is 22.0 Å². The van der Waals surface area contributed by atoms with Crippen LogP contribution in [0.2, 0.25) is 0 Å². The number of halogens is 2. The molecule has 0 radical (unpaired) electrons. The van der Waals surface area contributed by atoms with Crippen molar-refractivity contribution in [3.63, 3.8) is 0 Å². The summed E-state index contributed by atoms with van der Waals surface area (Å²) in [6.07, 6.45) is 0. The van der Waals surface area contributed by atoms with Gasteiger partial charge in [-0.25, -0.2) is 9.18 Å². The summed E-state index contributed by atoms with van der Waals surface area (Å²) in [6.45, 7) is 0.0868. The minimum atomic E-state index is -0.531. The number of carbonyl (C=O) groups is 1. The summed E-state index contributed by atoms with van der Waals surface area (Å²) in [7, 11) is 0. The minimum Gasteiger partial charge on any atom is -0.489 e. The Balaban J connectivity index is 1.39. The summed E-state index contributed by atoms with van der Waals surface area (Å²) >= 11 is 3.35. The van der Waals surface area contributed by atoms with Crippen LogP contribution in [-0.2, 0) is 6.61 Å². The molecule has 0 aromatic heterocycles. The Kier molecular flexibility index (Phi) is 7.11. The summed E-state index contributed by atoms with van der Waals surface area (Å²) in [5.41, 5.74) is 8.68. The first kappa shape index (κ1) is 25.1. The lowest BCUT2D eigenvalue weighted by Crippen LogP contribution is -2.21. The van der Waals surface area contributed by atoms with Gasteiger partial charge in [0.2, 0.25) is 5.88 Å². The fourth-order valence-corrected chi connectivity index (χ4v) is 4.61. The van der Waals surface area contributed by atoms with E-state index in [1.807, 2.05) is 12.1 Å². The molecule has 5 rings (SSSR count). The zero-order valence-electron chi connectivity index (χ0n) is 19.9. The number of nitrogens with two attached hydrogens (primary N) is 1. The van der Waals surface area contributed by atoms with E-state index in [1.165, 1.54) is 6.07 Å². The molecule has 0 saturated heterocycles. The molecule has 38 heavy (non-hydrogen) atoms. The Hall–Kier alpha value is -4.61. The topological polar surface area (TPSA) is 94.6 Å². The lowest BCUT2D eigenvalue weighted by Gasteiger charge is -2.27. The van der Waals surface area contributed by atoms with Gasteiger partial charge in [-0.15, -0.1) is 0 Å². The number of allylic oxidation sites excluding steroid dienone is 1. The van der Waals surface area contributed by atoms with Crippen molar-refractivity contribution in [1.82, 2.24) is 0 Å². The van der Waals surface area contributed by atoms with E-state index < -0.39 is 11.9 Å². The van der Waals surface area contributed by atoms with Crippen LogP contribution in [0.1, 0.15) is 33.0 Å². The van der Waals surface area contributed by atoms with Crippen LogP contribution in [0.3, 0.4) is 0 Å². The number of fused-ring (bicyclic) bond motifs is 1. The van der Waals surface area contributed by atoms with Gasteiger partial charge < -0.3 is 19.9 Å². The molecule has 188 valence electrons. The van der Waals surface area contributed by atoms with Gasteiger partial charge in [-0.05, 0) is 57.9 Å². The number of esters is 1. The number of carbonyl (C=O) groups excluding carboxylic acids is 1. The highest BCUT2D eigenvalue weighted by molar-refractivity contribution is 9.10. The largest absolute Gasteiger partial charge is 0.489 e. The van der Waals surface area contributed by atoms with Gasteiger partial charge in [-0.2, -0.15) is 5.26 Å². The quantitative estimate of drug-likeness (QED) is 0.207. The van der Waals surface area contributed by atoms with Crippen molar-refractivity contribution in [2.24, 2.45) is 5.73 Å². The molecule has 1 atom stereocenters. The fourth-order valence-electron chi connectivity index (χ4n) is 4.16. The summed E-state index contributed by atoms with van der Waals surface area (Å²) in [4.78, 5) is 12.6. The first-order valence-electron chi connectivity index (χ1n) is 11.6. The van der Waals surface area contributed by atoms with E-state index >= 15 is 0 Å². The molecule has 4 aromatic rings. The Bertz CT molecular complexity index is 1590. The molecule has 1 aliphatic rings. The molecule has 0 amide bonds. The molecule has 6 nitrogen and oxygen atoms in total. The molecular weight excluding hydrogens is 551 g/mol. The maximum absolute atomic E-state index is 13.9. The highest BCUT2D eigenvalue weighted by atomic mass is 79.9. The van der Waals surface area contributed by atoms with Crippen molar-refractivity contribution in [3.8, 4) is 23.3 Å². The summed E-state index contributed by atoms with van der Waals surface area (Å²) < 4.78 is 31.5. The van der Waals surface area contributed by atoms with Gasteiger partial charge >= 0.3 is 5.97 Å². The van der Waals surface area contributed by atoms with Crippen molar-refractivity contribution in [2.45, 2.75) is 12.5 Å². The van der Waals surface area contributed by atoms with E-state index in [9.17, 15) is 14.4 Å². The number of nitrogens with zero attached hydrogens (tertiary/aromatic N) is 1. The maximum Gasteiger partial charge on any atom is 0.344 e. The molecule has 0 spiro atoms. The fraction of sp³-hybridized carbons (Fsp3) is 0.0667. The van der Waals surface area contributed by atoms with Crippen LogP contribution in [0.4, 0.5) is 4.39 Å². The van der Waals surface area contributed by atoms with E-state index in [4.69, 9.17) is 19.9 Å². The molecule has 0 bridgehead atoms. The smallest absolute Gasteiger partial charge is 0.344 e. The van der Waals surface area contributed by atoms with Crippen molar-refractivity contribution < 1.29 is 23.4 Å². The number of hydrogen-bond donors (Lipinski definition) is 1. The van der Waals surface area contributed by atoms with Crippen molar-refractivity contribution in [1.29, 1.82) is 5.26 Å².